The van der Waals surface area contributed by atoms with Crippen molar-refractivity contribution in [1.29, 1.82) is 0 Å². The first-order chi connectivity index (χ1) is 9.66. The Hall–Kier alpha value is -2.27. The van der Waals surface area contributed by atoms with Gasteiger partial charge in [0, 0.05) is 27.9 Å². The third-order valence-corrected chi connectivity index (χ3v) is 3.60. The maximum Gasteiger partial charge on any atom is 0.216 e. The molecule has 0 saturated carbocycles. The van der Waals surface area contributed by atoms with Gasteiger partial charge in [0.1, 0.15) is 5.69 Å². The summed E-state index contributed by atoms with van der Waals surface area (Å²) < 4.78 is 0.643. The van der Waals surface area contributed by atoms with Crippen LogP contribution in [-0.4, -0.2) is 15.8 Å². The van der Waals surface area contributed by atoms with Crippen LogP contribution in [0.3, 0.4) is 0 Å². The maximum absolute atomic E-state index is 12.5. The van der Waals surface area contributed by atoms with Crippen LogP contribution in [0.2, 0.25) is 0 Å². The number of halogens is 1. The zero-order valence-electron chi connectivity index (χ0n) is 10.4. The lowest BCUT2D eigenvalue weighted by Crippen LogP contribution is -2.09. The van der Waals surface area contributed by atoms with E-state index in [9.17, 15) is 4.79 Å². The van der Waals surface area contributed by atoms with Gasteiger partial charge in [-0.05, 0) is 34.1 Å². The van der Waals surface area contributed by atoms with E-state index in [-0.39, 0.29) is 5.78 Å². The van der Waals surface area contributed by atoms with E-state index >= 15 is 0 Å². The fourth-order valence-corrected chi connectivity index (χ4v) is 2.49. The Morgan fingerprint density at radius 1 is 1.20 bits per heavy atom. The number of hydrogen-bond donors (Lipinski definition) is 1. The standard InChI is InChI=1S/C15H10BrN3O/c16-11-7-9-3-1-2-4-13(9)19-14(11)15(20)10-8-18-6-5-12(10)17/h1-8H,(H2,17,18). The van der Waals surface area contributed by atoms with Gasteiger partial charge in [0.2, 0.25) is 5.78 Å². The van der Waals surface area contributed by atoms with E-state index in [4.69, 9.17) is 5.73 Å². The van der Waals surface area contributed by atoms with E-state index in [2.05, 4.69) is 25.9 Å². The van der Waals surface area contributed by atoms with Crippen molar-refractivity contribution in [2.75, 3.05) is 5.73 Å². The van der Waals surface area contributed by atoms with E-state index < -0.39 is 0 Å². The SMILES string of the molecule is Nc1ccncc1C(=O)c1nc2ccccc2cc1Br. The number of para-hydroxylation sites is 1. The number of pyridine rings is 2. The maximum atomic E-state index is 12.5. The molecule has 0 aliphatic rings. The highest BCUT2D eigenvalue weighted by Gasteiger charge is 2.17. The number of rotatable bonds is 2. The lowest BCUT2D eigenvalue weighted by Gasteiger charge is -2.07. The van der Waals surface area contributed by atoms with E-state index in [0.717, 1.165) is 10.9 Å². The summed E-state index contributed by atoms with van der Waals surface area (Å²) in [5, 5.41) is 0.968. The molecule has 20 heavy (non-hydrogen) atoms. The number of aromatic nitrogens is 2. The van der Waals surface area contributed by atoms with Gasteiger partial charge in [0.15, 0.2) is 0 Å². The summed E-state index contributed by atoms with van der Waals surface area (Å²) in [4.78, 5) is 20.9. The minimum Gasteiger partial charge on any atom is -0.398 e. The van der Waals surface area contributed by atoms with Gasteiger partial charge in [0.25, 0.3) is 0 Å². The van der Waals surface area contributed by atoms with Crippen LogP contribution < -0.4 is 5.73 Å². The van der Waals surface area contributed by atoms with Gasteiger partial charge in [-0.3, -0.25) is 9.78 Å². The summed E-state index contributed by atoms with van der Waals surface area (Å²) in [7, 11) is 0. The smallest absolute Gasteiger partial charge is 0.216 e. The van der Waals surface area contributed by atoms with Gasteiger partial charge >= 0.3 is 0 Å². The van der Waals surface area contributed by atoms with Gasteiger partial charge in [-0.1, -0.05) is 18.2 Å². The number of anilines is 1. The van der Waals surface area contributed by atoms with Crippen molar-refractivity contribution >= 4 is 38.3 Å². The van der Waals surface area contributed by atoms with Crippen molar-refractivity contribution in [1.82, 2.24) is 9.97 Å². The molecule has 3 rings (SSSR count). The second-order valence-corrected chi connectivity index (χ2v) is 5.16. The van der Waals surface area contributed by atoms with Crippen molar-refractivity contribution in [3.05, 3.63) is 64.5 Å². The first-order valence-corrected chi connectivity index (χ1v) is 6.75. The van der Waals surface area contributed by atoms with Gasteiger partial charge in [-0.25, -0.2) is 4.98 Å². The third kappa shape index (κ3) is 2.16. The van der Waals surface area contributed by atoms with Crippen LogP contribution in [0.1, 0.15) is 16.1 Å². The Balaban J connectivity index is 2.17. The van der Waals surface area contributed by atoms with Crippen LogP contribution in [0, 0.1) is 0 Å². The number of hydrogen-bond acceptors (Lipinski definition) is 4. The van der Waals surface area contributed by atoms with Crippen molar-refractivity contribution < 1.29 is 4.79 Å². The van der Waals surface area contributed by atoms with E-state index in [1.165, 1.54) is 6.20 Å². The predicted molar refractivity (Wildman–Crippen MR) is 81.5 cm³/mol. The number of nitrogens with two attached hydrogens (primary N) is 1. The van der Waals surface area contributed by atoms with Crippen LogP contribution in [0.4, 0.5) is 5.69 Å². The Kier molecular flexibility index (Phi) is 3.20. The summed E-state index contributed by atoms with van der Waals surface area (Å²) in [5.74, 6) is -0.242. The van der Waals surface area contributed by atoms with Crippen molar-refractivity contribution in [2.45, 2.75) is 0 Å². The highest BCUT2D eigenvalue weighted by molar-refractivity contribution is 9.10. The molecule has 1 aromatic carbocycles. The topological polar surface area (TPSA) is 68.9 Å². The van der Waals surface area contributed by atoms with Gasteiger partial charge in [0.05, 0.1) is 11.1 Å². The van der Waals surface area contributed by atoms with Crippen LogP contribution in [-0.2, 0) is 0 Å². The largest absolute Gasteiger partial charge is 0.398 e. The Morgan fingerprint density at radius 2 is 2.00 bits per heavy atom. The van der Waals surface area contributed by atoms with E-state index in [1.807, 2.05) is 30.3 Å². The molecule has 0 aliphatic heterocycles. The summed E-state index contributed by atoms with van der Waals surface area (Å²) in [6, 6.07) is 11.1. The molecule has 0 bridgehead atoms. The lowest BCUT2D eigenvalue weighted by molar-refractivity contribution is 0.103. The molecular weight excluding hydrogens is 318 g/mol. The zero-order chi connectivity index (χ0) is 14.1. The second-order valence-electron chi connectivity index (χ2n) is 4.30. The number of ketones is 1. The lowest BCUT2D eigenvalue weighted by atomic mass is 10.1. The molecule has 2 N–H and O–H groups in total. The molecule has 0 unspecified atom stereocenters. The highest BCUT2D eigenvalue weighted by atomic mass is 79.9. The Labute approximate surface area is 123 Å². The van der Waals surface area contributed by atoms with Gasteiger partial charge in [-0.15, -0.1) is 0 Å². The van der Waals surface area contributed by atoms with Crippen LogP contribution >= 0.6 is 15.9 Å². The quantitative estimate of drug-likeness (QED) is 0.734. The Bertz CT molecular complexity index is 817. The summed E-state index contributed by atoms with van der Waals surface area (Å²) in [6.45, 7) is 0. The molecule has 98 valence electrons. The van der Waals surface area contributed by atoms with E-state index in [1.54, 1.807) is 12.3 Å². The predicted octanol–water partition coefficient (Wildman–Crippen LogP) is 3.21. The molecule has 2 heterocycles. The molecule has 0 saturated heterocycles. The second kappa shape index (κ2) is 5.02. The summed E-state index contributed by atoms with van der Waals surface area (Å²) in [5.41, 5.74) is 7.67. The highest BCUT2D eigenvalue weighted by Crippen LogP contribution is 2.24. The number of nitrogens with zero attached hydrogens (tertiary/aromatic N) is 2. The zero-order valence-corrected chi connectivity index (χ0v) is 12.0. The fourth-order valence-electron chi connectivity index (χ4n) is 1.97. The fraction of sp³-hybridized carbons (Fsp3) is 0. The summed E-state index contributed by atoms with van der Waals surface area (Å²) in [6.07, 6.45) is 3.01. The van der Waals surface area contributed by atoms with Crippen molar-refractivity contribution in [3.8, 4) is 0 Å². The van der Waals surface area contributed by atoms with Gasteiger partial charge < -0.3 is 5.73 Å². The molecule has 4 nitrogen and oxygen atoms in total. The molecular formula is C15H10BrN3O. The summed E-state index contributed by atoms with van der Waals surface area (Å²) >= 11 is 3.40. The van der Waals surface area contributed by atoms with E-state index in [0.29, 0.717) is 21.4 Å². The number of fused-ring (bicyclic) bond motifs is 1. The molecule has 5 heteroatoms. The van der Waals surface area contributed by atoms with Crippen molar-refractivity contribution in [3.63, 3.8) is 0 Å². The van der Waals surface area contributed by atoms with Crippen LogP contribution in [0.5, 0.6) is 0 Å². The average molecular weight is 328 g/mol. The number of carbonyl (C=O) groups excluding carboxylic acids is 1. The monoisotopic (exact) mass is 327 g/mol. The number of nitrogen functional groups attached to an aromatic ring is 1. The molecule has 0 fully saturated rings. The minimum atomic E-state index is -0.242. The molecule has 3 aromatic rings. The first kappa shape index (κ1) is 12.7. The van der Waals surface area contributed by atoms with Crippen LogP contribution in [0.25, 0.3) is 10.9 Å². The molecule has 0 radical (unpaired) electrons. The third-order valence-electron chi connectivity index (χ3n) is 2.99. The van der Waals surface area contributed by atoms with Crippen LogP contribution in [0.15, 0.2) is 53.3 Å². The molecule has 0 aliphatic carbocycles. The molecule has 0 spiro atoms. The number of carbonyl (C=O) groups is 1. The molecule has 0 atom stereocenters. The molecule has 0 amide bonds. The van der Waals surface area contributed by atoms with Crippen molar-refractivity contribution in [2.24, 2.45) is 0 Å². The number of benzene rings is 1. The minimum absolute atomic E-state index is 0.242. The first-order valence-electron chi connectivity index (χ1n) is 5.96. The normalized spacial score (nSPS) is 10.7. The average Bonchev–Trinajstić information content (AvgIpc) is 2.46. The molecule has 2 aromatic heterocycles. The Morgan fingerprint density at radius 3 is 2.80 bits per heavy atom. The van der Waals surface area contributed by atoms with Gasteiger partial charge in [-0.2, -0.15) is 0 Å².